The number of aromatic nitrogens is 2. The van der Waals surface area contributed by atoms with Crippen molar-refractivity contribution in [2.45, 2.75) is 13.5 Å². The molecule has 2 aromatic rings. The lowest BCUT2D eigenvalue weighted by atomic mass is 10.1. The first-order valence-corrected chi connectivity index (χ1v) is 5.05. The van der Waals surface area contributed by atoms with Crippen LogP contribution in [0.4, 0.5) is 5.82 Å². The van der Waals surface area contributed by atoms with Crippen LogP contribution < -0.4 is 10.9 Å². The minimum absolute atomic E-state index is 0.339. The fourth-order valence-corrected chi connectivity index (χ4v) is 2.06. The average Bonchev–Trinajstić information content (AvgIpc) is 2.69. The number of hydrogen-bond acceptors (Lipinski definition) is 3. The van der Waals surface area contributed by atoms with Gasteiger partial charge >= 0.3 is 0 Å². The molecule has 1 aromatic carbocycles. The average molecular weight is 200 g/mol. The van der Waals surface area contributed by atoms with Crippen molar-refractivity contribution in [3.8, 4) is 0 Å². The van der Waals surface area contributed by atoms with E-state index >= 15 is 0 Å². The summed E-state index contributed by atoms with van der Waals surface area (Å²) in [6, 6.07) is 6.12. The molecule has 0 spiro atoms. The second-order valence-corrected chi connectivity index (χ2v) is 3.88. The molecular formula is C11H12N4. The van der Waals surface area contributed by atoms with Gasteiger partial charge in [0.1, 0.15) is 5.82 Å². The van der Waals surface area contributed by atoms with Gasteiger partial charge in [0.2, 0.25) is 5.62 Å². The third-order valence-electron chi connectivity index (χ3n) is 2.79. The van der Waals surface area contributed by atoms with Gasteiger partial charge in [0.05, 0.1) is 5.52 Å². The summed E-state index contributed by atoms with van der Waals surface area (Å²) in [4.78, 5) is 4.28. The maximum Gasteiger partial charge on any atom is 0.224 e. The third kappa shape index (κ3) is 1.14. The van der Waals surface area contributed by atoms with Gasteiger partial charge < -0.3 is 5.32 Å². The van der Waals surface area contributed by atoms with Crippen LogP contribution in [0.3, 0.4) is 0 Å². The van der Waals surface area contributed by atoms with Gasteiger partial charge in [-0.25, -0.2) is 4.98 Å². The largest absolute Gasteiger partial charge is 0.369 e. The number of fused-ring (bicyclic) bond motifs is 3. The van der Waals surface area contributed by atoms with Crippen molar-refractivity contribution in [3.05, 3.63) is 29.4 Å². The Labute approximate surface area is 87.1 Å². The van der Waals surface area contributed by atoms with E-state index in [4.69, 9.17) is 5.41 Å². The highest BCUT2D eigenvalue weighted by Gasteiger charge is 2.13. The van der Waals surface area contributed by atoms with Crippen LogP contribution in [0, 0.1) is 12.3 Å². The molecule has 3 rings (SSSR count). The van der Waals surface area contributed by atoms with Gasteiger partial charge in [0.25, 0.3) is 0 Å². The van der Waals surface area contributed by atoms with Crippen molar-refractivity contribution in [1.82, 2.24) is 9.55 Å². The summed E-state index contributed by atoms with van der Waals surface area (Å²) in [5, 5.41) is 12.2. The molecule has 15 heavy (non-hydrogen) atoms. The Hall–Kier alpha value is -1.84. The van der Waals surface area contributed by atoms with Crippen molar-refractivity contribution in [2.75, 3.05) is 11.9 Å². The fourth-order valence-electron chi connectivity index (χ4n) is 2.06. The second kappa shape index (κ2) is 2.82. The van der Waals surface area contributed by atoms with Gasteiger partial charge in [-0.15, -0.1) is 0 Å². The van der Waals surface area contributed by atoms with Gasteiger partial charge in [0, 0.05) is 18.5 Å². The number of anilines is 1. The Morgan fingerprint density at radius 3 is 3.20 bits per heavy atom. The standard InChI is InChI=1S/C11H12N4/c1-7-2-3-9-8(6-7)10-13-4-5-15(10)11(12)14-9/h2-3,6,12-13H,4-5H2,1H3. The maximum absolute atomic E-state index is 7.80. The summed E-state index contributed by atoms with van der Waals surface area (Å²) in [6.45, 7) is 3.80. The SMILES string of the molecule is Cc1ccc2nc(=N)n3c(c2c1)NCC3. The van der Waals surface area contributed by atoms with Gasteiger partial charge in [-0.1, -0.05) is 11.6 Å². The van der Waals surface area contributed by atoms with E-state index in [1.807, 2.05) is 16.7 Å². The molecular weight excluding hydrogens is 188 g/mol. The summed E-state index contributed by atoms with van der Waals surface area (Å²) in [6.07, 6.45) is 0. The summed E-state index contributed by atoms with van der Waals surface area (Å²) < 4.78 is 1.92. The van der Waals surface area contributed by atoms with Crippen LogP contribution in [0.25, 0.3) is 10.9 Å². The van der Waals surface area contributed by atoms with Crippen LogP contribution in [0.5, 0.6) is 0 Å². The molecule has 0 aliphatic carbocycles. The van der Waals surface area contributed by atoms with Gasteiger partial charge in [-0.2, -0.15) is 0 Å². The lowest BCUT2D eigenvalue weighted by Gasteiger charge is -2.07. The number of nitrogens with zero attached hydrogens (tertiary/aromatic N) is 2. The first-order chi connectivity index (χ1) is 7.25. The van der Waals surface area contributed by atoms with Crippen LogP contribution in [-0.4, -0.2) is 16.1 Å². The first kappa shape index (κ1) is 8.47. The topological polar surface area (TPSA) is 53.7 Å². The molecule has 0 radical (unpaired) electrons. The minimum Gasteiger partial charge on any atom is -0.369 e. The van der Waals surface area contributed by atoms with E-state index in [-0.39, 0.29) is 0 Å². The van der Waals surface area contributed by atoms with Gasteiger partial charge in [-0.05, 0) is 19.1 Å². The van der Waals surface area contributed by atoms with E-state index < -0.39 is 0 Å². The van der Waals surface area contributed by atoms with Crippen molar-refractivity contribution >= 4 is 16.7 Å². The molecule has 0 saturated carbocycles. The zero-order valence-electron chi connectivity index (χ0n) is 8.54. The normalized spacial score (nSPS) is 13.9. The van der Waals surface area contributed by atoms with Crippen LogP contribution >= 0.6 is 0 Å². The van der Waals surface area contributed by atoms with Crippen molar-refractivity contribution in [3.63, 3.8) is 0 Å². The van der Waals surface area contributed by atoms with Crippen LogP contribution in [0.1, 0.15) is 5.56 Å². The molecule has 1 aliphatic heterocycles. The number of rotatable bonds is 0. The third-order valence-corrected chi connectivity index (χ3v) is 2.79. The Kier molecular flexibility index (Phi) is 1.59. The summed E-state index contributed by atoms with van der Waals surface area (Å²) in [7, 11) is 0. The molecule has 0 bridgehead atoms. The Balaban J connectivity index is 2.49. The molecule has 0 atom stereocenters. The first-order valence-electron chi connectivity index (χ1n) is 5.05. The molecule has 0 unspecified atom stereocenters. The molecule has 2 N–H and O–H groups in total. The predicted octanol–water partition coefficient (Wildman–Crippen LogP) is 1.25. The van der Waals surface area contributed by atoms with Gasteiger partial charge in [0.15, 0.2) is 0 Å². The molecule has 0 amide bonds. The molecule has 0 saturated heterocycles. The smallest absolute Gasteiger partial charge is 0.224 e. The minimum atomic E-state index is 0.339. The second-order valence-electron chi connectivity index (χ2n) is 3.88. The van der Waals surface area contributed by atoms with Crippen LogP contribution in [-0.2, 0) is 6.54 Å². The summed E-state index contributed by atoms with van der Waals surface area (Å²) in [5.41, 5.74) is 2.45. The van der Waals surface area contributed by atoms with E-state index in [0.29, 0.717) is 5.62 Å². The molecule has 76 valence electrons. The van der Waals surface area contributed by atoms with E-state index in [2.05, 4.69) is 23.3 Å². The van der Waals surface area contributed by atoms with E-state index in [0.717, 1.165) is 29.8 Å². The van der Waals surface area contributed by atoms with Crippen LogP contribution in [0.15, 0.2) is 18.2 Å². The Morgan fingerprint density at radius 2 is 2.33 bits per heavy atom. The lowest BCUT2D eigenvalue weighted by Crippen LogP contribution is -2.21. The van der Waals surface area contributed by atoms with Crippen molar-refractivity contribution in [1.29, 1.82) is 5.41 Å². The number of aryl methyl sites for hydroxylation is 1. The lowest BCUT2D eigenvalue weighted by molar-refractivity contribution is 0.717. The molecule has 0 fully saturated rings. The number of hydrogen-bond donors (Lipinski definition) is 2. The number of benzene rings is 1. The molecule has 1 aromatic heterocycles. The zero-order chi connectivity index (χ0) is 10.4. The number of nitrogens with one attached hydrogen (secondary N) is 2. The zero-order valence-corrected chi connectivity index (χ0v) is 8.54. The molecule has 1 aliphatic rings. The fraction of sp³-hybridized carbons (Fsp3) is 0.273. The van der Waals surface area contributed by atoms with Crippen molar-refractivity contribution in [2.24, 2.45) is 0 Å². The summed E-state index contributed by atoms with van der Waals surface area (Å²) >= 11 is 0. The quantitative estimate of drug-likeness (QED) is 0.672. The molecule has 4 nitrogen and oxygen atoms in total. The highest BCUT2D eigenvalue weighted by Crippen LogP contribution is 2.23. The summed E-state index contributed by atoms with van der Waals surface area (Å²) in [5.74, 6) is 1.04. The van der Waals surface area contributed by atoms with Crippen molar-refractivity contribution < 1.29 is 0 Å². The van der Waals surface area contributed by atoms with E-state index in [1.165, 1.54) is 5.56 Å². The molecule has 2 heterocycles. The van der Waals surface area contributed by atoms with Crippen LogP contribution in [0.2, 0.25) is 0 Å². The van der Waals surface area contributed by atoms with E-state index in [1.54, 1.807) is 0 Å². The Bertz CT molecular complexity index is 597. The van der Waals surface area contributed by atoms with Gasteiger partial charge in [-0.3, -0.25) is 9.98 Å². The Morgan fingerprint density at radius 1 is 1.47 bits per heavy atom. The molecule has 4 heteroatoms. The maximum atomic E-state index is 7.80. The monoisotopic (exact) mass is 200 g/mol. The predicted molar refractivity (Wildman–Crippen MR) is 58.8 cm³/mol. The highest BCUT2D eigenvalue weighted by molar-refractivity contribution is 5.90. The van der Waals surface area contributed by atoms with E-state index in [9.17, 15) is 0 Å². The highest BCUT2D eigenvalue weighted by atomic mass is 15.2.